The van der Waals surface area contributed by atoms with Gasteiger partial charge in [-0.05, 0) is 24.8 Å². The smallest absolute Gasteiger partial charge is 0.325 e. The zero-order chi connectivity index (χ0) is 28.3. The molecule has 37 heavy (non-hydrogen) atoms. The molecular weight excluding hydrogens is 488 g/mol. The second kappa shape index (κ2) is 15.2. The van der Waals surface area contributed by atoms with E-state index in [-0.39, 0.29) is 12.3 Å². The summed E-state index contributed by atoms with van der Waals surface area (Å²) in [6, 6.07) is 3.59. The zero-order valence-electron chi connectivity index (χ0n) is 21.1. The number of benzene rings is 1. The van der Waals surface area contributed by atoms with Crippen LogP contribution in [0.4, 0.5) is 0 Å². The predicted octanol–water partition coefficient (Wildman–Crippen LogP) is -2.24. The summed E-state index contributed by atoms with van der Waals surface area (Å²) in [6.45, 7) is 4.15. The maximum atomic E-state index is 12.7. The van der Waals surface area contributed by atoms with Crippen molar-refractivity contribution >= 4 is 23.7 Å². The van der Waals surface area contributed by atoms with Crippen LogP contribution in [0.15, 0.2) is 30.3 Å². The molecule has 0 saturated heterocycles. The lowest BCUT2D eigenvalue weighted by atomic mass is 9.98. The highest BCUT2D eigenvalue weighted by atomic mass is 16.4. The SMILES string of the molecule is CC(C)C[C@H](N)C(=O)N[C@@H](CO)[C@@H](O)[C@@H](O)[C@H](O)C(=O)N[C@@H](CC(=O)N[C@@H](C)C(=O)O)c1ccccc1. The largest absolute Gasteiger partial charge is 0.480 e. The van der Waals surface area contributed by atoms with Crippen LogP contribution in [-0.2, 0) is 19.2 Å². The first kappa shape index (κ1) is 31.9. The molecule has 0 saturated carbocycles. The van der Waals surface area contributed by atoms with Crippen LogP contribution >= 0.6 is 0 Å². The number of carboxylic acid groups (broad SMARTS) is 1. The van der Waals surface area contributed by atoms with E-state index < -0.39 is 72.8 Å². The Labute approximate surface area is 215 Å². The first-order valence-electron chi connectivity index (χ1n) is 11.9. The number of amides is 3. The molecule has 0 aliphatic heterocycles. The van der Waals surface area contributed by atoms with Gasteiger partial charge in [-0.2, -0.15) is 0 Å². The highest BCUT2D eigenvalue weighted by Gasteiger charge is 2.37. The van der Waals surface area contributed by atoms with Crippen molar-refractivity contribution in [2.45, 2.75) is 76.1 Å². The van der Waals surface area contributed by atoms with Crippen molar-refractivity contribution in [3.05, 3.63) is 35.9 Å². The molecule has 13 heteroatoms. The van der Waals surface area contributed by atoms with Gasteiger partial charge in [-0.3, -0.25) is 19.2 Å². The quantitative estimate of drug-likeness (QED) is 0.119. The van der Waals surface area contributed by atoms with Gasteiger partial charge in [-0.15, -0.1) is 0 Å². The fraction of sp³-hybridized carbons (Fsp3) is 0.583. The Bertz CT molecular complexity index is 899. The molecule has 0 spiro atoms. The molecule has 10 N–H and O–H groups in total. The van der Waals surface area contributed by atoms with Gasteiger partial charge in [0, 0.05) is 0 Å². The molecule has 0 aliphatic carbocycles. The van der Waals surface area contributed by atoms with Crippen molar-refractivity contribution in [1.29, 1.82) is 0 Å². The third-order valence-corrected chi connectivity index (χ3v) is 5.60. The van der Waals surface area contributed by atoms with Gasteiger partial charge in [-0.1, -0.05) is 44.2 Å². The summed E-state index contributed by atoms with van der Waals surface area (Å²) < 4.78 is 0. The highest BCUT2D eigenvalue weighted by molar-refractivity contribution is 5.85. The molecule has 13 nitrogen and oxygen atoms in total. The van der Waals surface area contributed by atoms with Crippen LogP contribution in [0.1, 0.15) is 45.2 Å². The second-order valence-electron chi connectivity index (χ2n) is 9.26. The Balaban J connectivity index is 2.92. The van der Waals surface area contributed by atoms with Crippen LogP contribution in [-0.4, -0.2) is 92.3 Å². The van der Waals surface area contributed by atoms with Crippen LogP contribution in [0, 0.1) is 5.92 Å². The molecule has 0 radical (unpaired) electrons. The number of carbonyl (C=O) groups is 4. The minimum Gasteiger partial charge on any atom is -0.480 e. The van der Waals surface area contributed by atoms with Gasteiger partial charge < -0.3 is 47.2 Å². The first-order valence-corrected chi connectivity index (χ1v) is 11.9. The van der Waals surface area contributed by atoms with E-state index >= 15 is 0 Å². The van der Waals surface area contributed by atoms with E-state index in [2.05, 4.69) is 16.0 Å². The summed E-state index contributed by atoms with van der Waals surface area (Å²) >= 11 is 0. The zero-order valence-corrected chi connectivity index (χ0v) is 21.1. The van der Waals surface area contributed by atoms with Crippen molar-refractivity contribution in [2.24, 2.45) is 11.7 Å². The third kappa shape index (κ3) is 10.4. The van der Waals surface area contributed by atoms with Gasteiger partial charge in [0.1, 0.15) is 18.2 Å². The summed E-state index contributed by atoms with van der Waals surface area (Å²) in [5, 5.41) is 56.8. The molecule has 7 atom stereocenters. The number of aliphatic hydroxyl groups is 4. The number of carboxylic acids is 1. The number of rotatable bonds is 15. The standard InChI is InChI=1S/C24H38N4O9/c1-12(2)9-15(25)22(34)28-17(11-29)19(31)20(32)21(33)23(35)27-16(14-7-5-4-6-8-14)10-18(30)26-13(3)24(36)37/h4-8,12-13,15-17,19-21,29,31-33H,9-11,25H2,1-3H3,(H,26,30)(H,27,35)(H,28,34)(H,36,37)/t13-,15-,16-,17-,19+,20+,21-/m0/s1. The Morgan fingerprint density at radius 2 is 1.49 bits per heavy atom. The van der Waals surface area contributed by atoms with Crippen molar-refractivity contribution in [3.8, 4) is 0 Å². The lowest BCUT2D eigenvalue weighted by Gasteiger charge is -2.30. The molecule has 0 heterocycles. The molecular formula is C24H38N4O9. The normalized spacial score (nSPS) is 17.0. The number of nitrogens with two attached hydrogens (primary N) is 1. The number of aliphatic hydroxyl groups excluding tert-OH is 4. The van der Waals surface area contributed by atoms with Gasteiger partial charge in [0.05, 0.1) is 31.2 Å². The lowest BCUT2D eigenvalue weighted by Crippen LogP contribution is -2.58. The summed E-state index contributed by atoms with van der Waals surface area (Å²) in [6.07, 6.45) is -6.35. The highest BCUT2D eigenvalue weighted by Crippen LogP contribution is 2.18. The van der Waals surface area contributed by atoms with Crippen molar-refractivity contribution in [1.82, 2.24) is 16.0 Å². The van der Waals surface area contributed by atoms with Crippen LogP contribution < -0.4 is 21.7 Å². The molecule has 1 aromatic rings. The van der Waals surface area contributed by atoms with Gasteiger partial charge in [-0.25, -0.2) is 0 Å². The van der Waals surface area contributed by atoms with Crippen molar-refractivity contribution in [2.75, 3.05) is 6.61 Å². The van der Waals surface area contributed by atoms with E-state index in [0.29, 0.717) is 12.0 Å². The minimum atomic E-state index is -2.21. The average Bonchev–Trinajstić information content (AvgIpc) is 2.85. The van der Waals surface area contributed by atoms with Gasteiger partial charge >= 0.3 is 5.97 Å². The molecule has 0 aromatic heterocycles. The lowest BCUT2D eigenvalue weighted by molar-refractivity contribution is -0.145. The number of nitrogens with one attached hydrogen (secondary N) is 3. The van der Waals surface area contributed by atoms with Crippen LogP contribution in [0.2, 0.25) is 0 Å². The predicted molar refractivity (Wildman–Crippen MR) is 132 cm³/mol. The molecule has 0 bridgehead atoms. The summed E-state index contributed by atoms with van der Waals surface area (Å²) in [5.74, 6) is -3.69. The Morgan fingerprint density at radius 3 is 2.00 bits per heavy atom. The molecule has 3 amide bonds. The van der Waals surface area contributed by atoms with E-state index in [0.717, 1.165) is 0 Å². The van der Waals surface area contributed by atoms with Crippen LogP contribution in [0.3, 0.4) is 0 Å². The van der Waals surface area contributed by atoms with E-state index in [1.807, 2.05) is 13.8 Å². The molecule has 1 aromatic carbocycles. The Hall–Kier alpha value is -3.10. The Morgan fingerprint density at radius 1 is 0.892 bits per heavy atom. The summed E-state index contributed by atoms with van der Waals surface area (Å²) in [7, 11) is 0. The molecule has 0 aliphatic rings. The van der Waals surface area contributed by atoms with E-state index in [9.17, 15) is 39.6 Å². The molecule has 1 rings (SSSR count). The van der Waals surface area contributed by atoms with E-state index in [1.165, 1.54) is 6.92 Å². The number of aliphatic carboxylic acids is 1. The van der Waals surface area contributed by atoms with Gasteiger partial charge in [0.2, 0.25) is 11.8 Å². The first-order chi connectivity index (χ1) is 17.3. The minimum absolute atomic E-state index is 0.0985. The molecule has 208 valence electrons. The monoisotopic (exact) mass is 526 g/mol. The molecule has 0 unspecified atom stereocenters. The van der Waals surface area contributed by atoms with Crippen LogP contribution in [0.5, 0.6) is 0 Å². The summed E-state index contributed by atoms with van der Waals surface area (Å²) in [4.78, 5) is 48.3. The van der Waals surface area contributed by atoms with Gasteiger partial charge in [0.25, 0.3) is 5.91 Å². The second-order valence-corrected chi connectivity index (χ2v) is 9.26. The van der Waals surface area contributed by atoms with Crippen LogP contribution in [0.25, 0.3) is 0 Å². The van der Waals surface area contributed by atoms with Crippen molar-refractivity contribution < 1.29 is 44.7 Å². The molecule has 0 fully saturated rings. The fourth-order valence-electron chi connectivity index (χ4n) is 3.47. The Kier molecular flexibility index (Phi) is 13.1. The van der Waals surface area contributed by atoms with Gasteiger partial charge in [0.15, 0.2) is 6.10 Å². The summed E-state index contributed by atoms with van der Waals surface area (Å²) in [5.41, 5.74) is 6.24. The number of hydrogen-bond acceptors (Lipinski definition) is 9. The average molecular weight is 527 g/mol. The topological polar surface area (TPSA) is 232 Å². The number of hydrogen-bond donors (Lipinski definition) is 9. The van der Waals surface area contributed by atoms with E-state index in [4.69, 9.17) is 10.8 Å². The maximum Gasteiger partial charge on any atom is 0.325 e. The fourth-order valence-corrected chi connectivity index (χ4v) is 3.47. The third-order valence-electron chi connectivity index (χ3n) is 5.60. The van der Waals surface area contributed by atoms with Crippen molar-refractivity contribution in [3.63, 3.8) is 0 Å². The number of carbonyl (C=O) groups excluding carboxylic acids is 3. The van der Waals surface area contributed by atoms with E-state index in [1.54, 1.807) is 30.3 Å². The maximum absolute atomic E-state index is 12.7.